The lowest BCUT2D eigenvalue weighted by Crippen LogP contribution is -2.48. The van der Waals surface area contributed by atoms with Gasteiger partial charge in [0.05, 0.1) is 0 Å². The summed E-state index contributed by atoms with van der Waals surface area (Å²) in [5, 5.41) is 0. The molecular formula is C22H24ClNO2. The van der Waals surface area contributed by atoms with Crippen LogP contribution in [-0.2, 0) is 14.4 Å². The molecule has 0 aliphatic carbocycles. The molecule has 2 aromatic rings. The zero-order valence-electron chi connectivity index (χ0n) is 15.0. The van der Waals surface area contributed by atoms with Gasteiger partial charge in [-0.2, -0.15) is 0 Å². The third-order valence-corrected chi connectivity index (χ3v) is 6.58. The van der Waals surface area contributed by atoms with E-state index in [1.165, 1.54) is 6.42 Å². The Balaban J connectivity index is 1.65. The number of likely N-dealkylation sites (N-methyl/N-ethyl adjacent to an activating group) is 1. The Kier molecular flexibility index (Phi) is 4.76. The van der Waals surface area contributed by atoms with E-state index in [4.69, 9.17) is 16.3 Å². The van der Waals surface area contributed by atoms with Gasteiger partial charge in [-0.05, 0) is 43.9 Å². The molecule has 0 amide bonds. The number of esters is 1. The second-order valence-corrected chi connectivity index (χ2v) is 7.94. The maximum atomic E-state index is 13.3. The van der Waals surface area contributed by atoms with Gasteiger partial charge in [0.1, 0.15) is 6.10 Å². The smallest absolute Gasteiger partial charge is 0.336 e. The van der Waals surface area contributed by atoms with Gasteiger partial charge in [-0.15, -0.1) is 0 Å². The number of hydrogen-bond donors (Lipinski definition) is 0. The van der Waals surface area contributed by atoms with Crippen LogP contribution in [0.1, 0.15) is 36.8 Å². The number of rotatable bonds is 4. The highest BCUT2D eigenvalue weighted by atomic mass is 35.5. The second-order valence-electron chi connectivity index (χ2n) is 7.38. The van der Waals surface area contributed by atoms with Crippen LogP contribution in [-0.4, -0.2) is 36.1 Å². The van der Waals surface area contributed by atoms with E-state index in [0.29, 0.717) is 12.1 Å². The standard InChI is InChI=1S/C22H24ClNO2/c1-24-18-12-14-19(24)20(15-13-18)26-21(25)22(23,16-8-4-2-5-9-16)17-10-6-3-7-11-17/h2-11,18-20H,12-15H2,1H3/t18?,19?,20-/m1/s1. The number of alkyl halides is 1. The van der Waals surface area contributed by atoms with E-state index < -0.39 is 4.87 Å². The van der Waals surface area contributed by atoms with Crippen LogP contribution in [0.25, 0.3) is 0 Å². The van der Waals surface area contributed by atoms with Crippen molar-refractivity contribution in [2.45, 2.75) is 48.7 Å². The topological polar surface area (TPSA) is 29.5 Å². The van der Waals surface area contributed by atoms with Gasteiger partial charge in [0.2, 0.25) is 0 Å². The van der Waals surface area contributed by atoms with Crippen LogP contribution in [0.3, 0.4) is 0 Å². The molecule has 136 valence electrons. The summed E-state index contributed by atoms with van der Waals surface area (Å²) in [5.74, 6) is -0.375. The van der Waals surface area contributed by atoms with Crippen LogP contribution >= 0.6 is 11.6 Å². The first-order valence-electron chi connectivity index (χ1n) is 9.33. The first-order valence-corrected chi connectivity index (χ1v) is 9.71. The van der Waals surface area contributed by atoms with Crippen LogP contribution in [0.5, 0.6) is 0 Å². The average Bonchev–Trinajstić information content (AvgIpc) is 2.92. The number of piperidine rings is 1. The maximum Gasteiger partial charge on any atom is 0.336 e. The largest absolute Gasteiger partial charge is 0.459 e. The van der Waals surface area contributed by atoms with Crippen molar-refractivity contribution < 1.29 is 9.53 Å². The lowest BCUT2D eigenvalue weighted by atomic mass is 9.90. The lowest BCUT2D eigenvalue weighted by Gasteiger charge is -2.38. The van der Waals surface area contributed by atoms with E-state index in [1.54, 1.807) is 0 Å². The summed E-state index contributed by atoms with van der Waals surface area (Å²) in [7, 11) is 2.14. The first-order chi connectivity index (χ1) is 12.6. The molecule has 0 N–H and O–H groups in total. The first kappa shape index (κ1) is 17.6. The van der Waals surface area contributed by atoms with Gasteiger partial charge in [-0.3, -0.25) is 4.90 Å². The van der Waals surface area contributed by atoms with Gasteiger partial charge in [0, 0.05) is 12.1 Å². The SMILES string of the molecule is CN1C2CCC1[C@H](OC(=O)C(Cl)(c1ccccc1)c1ccccc1)CC2. The molecule has 0 spiro atoms. The van der Waals surface area contributed by atoms with E-state index in [1.807, 2.05) is 60.7 Å². The molecule has 2 unspecified atom stereocenters. The Hall–Kier alpha value is -1.84. The molecule has 3 atom stereocenters. The predicted molar refractivity (Wildman–Crippen MR) is 103 cm³/mol. The van der Waals surface area contributed by atoms with Crippen molar-refractivity contribution >= 4 is 17.6 Å². The molecule has 2 saturated heterocycles. The summed E-state index contributed by atoms with van der Waals surface area (Å²) in [4.78, 5) is 14.4. The van der Waals surface area contributed by atoms with Gasteiger partial charge < -0.3 is 4.74 Å². The fourth-order valence-corrected chi connectivity index (χ4v) is 4.78. The van der Waals surface area contributed by atoms with Crippen molar-refractivity contribution in [2.24, 2.45) is 0 Å². The van der Waals surface area contributed by atoms with E-state index in [2.05, 4.69) is 11.9 Å². The van der Waals surface area contributed by atoms with Crippen molar-refractivity contribution in [2.75, 3.05) is 7.05 Å². The molecule has 2 aromatic carbocycles. The van der Waals surface area contributed by atoms with Gasteiger partial charge >= 0.3 is 5.97 Å². The summed E-state index contributed by atoms with van der Waals surface area (Å²) in [6.45, 7) is 0. The number of benzene rings is 2. The predicted octanol–water partition coefficient (Wildman–Crippen LogP) is 4.34. The number of ether oxygens (including phenoxy) is 1. The van der Waals surface area contributed by atoms with Crippen LogP contribution in [0.15, 0.2) is 60.7 Å². The minimum Gasteiger partial charge on any atom is -0.459 e. The van der Waals surface area contributed by atoms with Crippen molar-refractivity contribution in [3.63, 3.8) is 0 Å². The monoisotopic (exact) mass is 369 g/mol. The van der Waals surface area contributed by atoms with Crippen molar-refractivity contribution in [3.8, 4) is 0 Å². The summed E-state index contributed by atoms with van der Waals surface area (Å²) < 4.78 is 6.05. The average molecular weight is 370 g/mol. The second kappa shape index (κ2) is 7.05. The summed E-state index contributed by atoms with van der Waals surface area (Å²) in [6.07, 6.45) is 4.19. The molecule has 2 heterocycles. The van der Waals surface area contributed by atoms with Crippen molar-refractivity contribution in [1.29, 1.82) is 0 Å². The van der Waals surface area contributed by atoms with E-state index in [0.717, 1.165) is 30.4 Å². The molecule has 2 aliphatic rings. The van der Waals surface area contributed by atoms with Gasteiger partial charge in [0.15, 0.2) is 4.87 Å². The van der Waals surface area contributed by atoms with E-state index >= 15 is 0 Å². The lowest BCUT2D eigenvalue weighted by molar-refractivity contribution is -0.156. The third kappa shape index (κ3) is 2.93. The van der Waals surface area contributed by atoms with Gasteiger partial charge in [-0.1, -0.05) is 72.3 Å². The minimum atomic E-state index is -1.32. The number of carbonyl (C=O) groups is 1. The van der Waals surface area contributed by atoms with Gasteiger partial charge in [-0.25, -0.2) is 4.79 Å². The van der Waals surface area contributed by atoms with Crippen molar-refractivity contribution in [3.05, 3.63) is 71.8 Å². The molecule has 2 aliphatic heterocycles. The summed E-state index contributed by atoms with van der Waals surface area (Å²) >= 11 is 7.01. The Labute approximate surface area is 159 Å². The third-order valence-electron chi connectivity index (χ3n) is 5.99. The maximum absolute atomic E-state index is 13.3. The molecule has 4 rings (SSSR count). The quantitative estimate of drug-likeness (QED) is 0.593. The van der Waals surface area contributed by atoms with E-state index in [-0.39, 0.29) is 12.1 Å². The van der Waals surface area contributed by atoms with E-state index in [9.17, 15) is 4.79 Å². The molecule has 3 nitrogen and oxygen atoms in total. The van der Waals surface area contributed by atoms with Crippen LogP contribution < -0.4 is 0 Å². The number of hydrogen-bond acceptors (Lipinski definition) is 3. The molecule has 4 heteroatoms. The highest BCUT2D eigenvalue weighted by Crippen LogP contribution is 2.41. The van der Waals surface area contributed by atoms with Crippen LogP contribution in [0, 0.1) is 0 Å². The Bertz CT molecular complexity index is 725. The van der Waals surface area contributed by atoms with Gasteiger partial charge in [0.25, 0.3) is 0 Å². The molecule has 0 saturated carbocycles. The fraction of sp³-hybridized carbons (Fsp3) is 0.409. The number of carbonyl (C=O) groups excluding carboxylic acids is 1. The normalized spacial score (nSPS) is 25.8. The number of nitrogens with zero attached hydrogens (tertiary/aromatic N) is 1. The Morgan fingerprint density at radius 2 is 1.50 bits per heavy atom. The molecule has 26 heavy (non-hydrogen) atoms. The molecule has 2 fully saturated rings. The molecule has 2 bridgehead atoms. The fourth-order valence-electron chi connectivity index (χ4n) is 4.48. The Morgan fingerprint density at radius 3 is 2.08 bits per heavy atom. The number of fused-ring (bicyclic) bond motifs is 2. The highest BCUT2D eigenvalue weighted by Gasteiger charge is 2.47. The minimum absolute atomic E-state index is 0.0863. The number of halogens is 1. The van der Waals surface area contributed by atoms with Crippen molar-refractivity contribution in [1.82, 2.24) is 4.90 Å². The summed E-state index contributed by atoms with van der Waals surface area (Å²) in [6, 6.07) is 20.0. The zero-order chi connectivity index (χ0) is 18.1. The molecule has 0 aromatic heterocycles. The zero-order valence-corrected chi connectivity index (χ0v) is 15.7. The highest BCUT2D eigenvalue weighted by molar-refractivity contribution is 6.36. The molecule has 0 radical (unpaired) electrons. The van der Waals surface area contributed by atoms with Crippen LogP contribution in [0.4, 0.5) is 0 Å². The summed E-state index contributed by atoms with van der Waals surface area (Å²) in [5.41, 5.74) is 1.48. The molecular weight excluding hydrogens is 346 g/mol. The van der Waals surface area contributed by atoms with Crippen LogP contribution in [0.2, 0.25) is 0 Å². The Morgan fingerprint density at radius 1 is 0.962 bits per heavy atom.